The standard InChI is InChI=1S/C33H37N3O6/c1-41-29-13-11-24-21-26(29)32(39)35-16-5-19-36(33(40)30-14-10-23-6-2-3-7-28(23)42-30)18-4-8-31(38)34-17-15-22-9-12-27(37)25(24)20-22/h2-3,6-7,9,11-13,20-21,30,37H,4-5,8,10,14-19H2,1H3,(H,34,38)(H,35,39). The molecule has 42 heavy (non-hydrogen) atoms. The highest BCUT2D eigenvalue weighted by Gasteiger charge is 2.29. The molecule has 0 aliphatic carbocycles. The first-order valence-electron chi connectivity index (χ1n) is 14.5. The number of ether oxygens (including phenoxy) is 2. The van der Waals surface area contributed by atoms with Gasteiger partial charge >= 0.3 is 0 Å². The van der Waals surface area contributed by atoms with Crippen LogP contribution < -0.4 is 20.1 Å². The van der Waals surface area contributed by atoms with E-state index in [4.69, 9.17) is 9.47 Å². The zero-order chi connectivity index (χ0) is 29.5. The minimum Gasteiger partial charge on any atom is -0.507 e. The van der Waals surface area contributed by atoms with Crippen molar-refractivity contribution in [1.29, 1.82) is 0 Å². The fourth-order valence-corrected chi connectivity index (χ4v) is 5.49. The Bertz CT molecular complexity index is 1460. The number of benzene rings is 3. The third kappa shape index (κ3) is 6.84. The molecular formula is C33H37N3O6. The topological polar surface area (TPSA) is 117 Å². The Hall–Kier alpha value is -4.53. The summed E-state index contributed by atoms with van der Waals surface area (Å²) >= 11 is 0. The van der Waals surface area contributed by atoms with Crippen LogP contribution in [0.25, 0.3) is 11.1 Å². The second-order valence-electron chi connectivity index (χ2n) is 10.7. The summed E-state index contributed by atoms with van der Waals surface area (Å²) in [6.07, 6.45) is 2.69. The van der Waals surface area contributed by atoms with Gasteiger partial charge in [0.15, 0.2) is 6.10 Å². The van der Waals surface area contributed by atoms with Gasteiger partial charge < -0.3 is 30.1 Å². The molecule has 1 atom stereocenters. The van der Waals surface area contributed by atoms with Crippen molar-refractivity contribution in [2.75, 3.05) is 33.3 Å². The summed E-state index contributed by atoms with van der Waals surface area (Å²) in [7, 11) is 1.51. The van der Waals surface area contributed by atoms with E-state index >= 15 is 0 Å². The van der Waals surface area contributed by atoms with E-state index in [1.165, 1.54) is 7.11 Å². The lowest BCUT2D eigenvalue weighted by Crippen LogP contribution is -2.45. The molecule has 220 valence electrons. The van der Waals surface area contributed by atoms with Gasteiger partial charge in [-0.3, -0.25) is 14.4 Å². The lowest BCUT2D eigenvalue weighted by Gasteiger charge is -2.31. The van der Waals surface area contributed by atoms with E-state index in [0.717, 1.165) is 23.3 Å². The number of aromatic hydroxyl groups is 1. The van der Waals surface area contributed by atoms with Gasteiger partial charge in [-0.1, -0.05) is 30.3 Å². The average molecular weight is 572 g/mol. The number of fused-ring (bicyclic) bond motifs is 6. The van der Waals surface area contributed by atoms with E-state index < -0.39 is 6.10 Å². The van der Waals surface area contributed by atoms with Crippen molar-refractivity contribution in [3.8, 4) is 28.4 Å². The molecule has 3 aromatic carbocycles. The van der Waals surface area contributed by atoms with E-state index in [2.05, 4.69) is 10.6 Å². The molecule has 3 aromatic rings. The maximum absolute atomic E-state index is 13.6. The fraction of sp³-hybridized carbons (Fsp3) is 0.364. The third-order valence-corrected chi connectivity index (χ3v) is 7.78. The first-order valence-corrected chi connectivity index (χ1v) is 14.5. The molecule has 2 aliphatic heterocycles. The Labute approximate surface area is 245 Å². The molecule has 3 N–H and O–H groups in total. The Morgan fingerprint density at radius 3 is 2.62 bits per heavy atom. The molecule has 0 fully saturated rings. The summed E-state index contributed by atoms with van der Waals surface area (Å²) in [5.41, 5.74) is 3.65. The van der Waals surface area contributed by atoms with Crippen LogP contribution in [0.1, 0.15) is 47.2 Å². The van der Waals surface area contributed by atoms with Gasteiger partial charge in [-0.05, 0) is 79.1 Å². The minimum absolute atomic E-state index is 0.0748. The summed E-state index contributed by atoms with van der Waals surface area (Å²) in [4.78, 5) is 41.1. The Kier molecular flexibility index (Phi) is 9.26. The number of rotatable bonds is 2. The number of carbonyl (C=O) groups excluding carboxylic acids is 3. The van der Waals surface area contributed by atoms with Crippen LogP contribution in [0.4, 0.5) is 0 Å². The largest absolute Gasteiger partial charge is 0.507 e. The number of nitrogens with zero attached hydrogens (tertiary/aromatic N) is 1. The van der Waals surface area contributed by atoms with Crippen molar-refractivity contribution in [3.63, 3.8) is 0 Å². The van der Waals surface area contributed by atoms with Crippen molar-refractivity contribution < 1.29 is 29.0 Å². The molecular weight excluding hydrogens is 534 g/mol. The minimum atomic E-state index is -0.580. The van der Waals surface area contributed by atoms with Crippen LogP contribution in [0.2, 0.25) is 0 Å². The number of aryl methyl sites for hydroxylation is 1. The number of hydrogen-bond donors (Lipinski definition) is 3. The lowest BCUT2D eigenvalue weighted by atomic mass is 9.98. The molecule has 0 spiro atoms. The van der Waals surface area contributed by atoms with Crippen molar-refractivity contribution in [2.24, 2.45) is 0 Å². The summed E-state index contributed by atoms with van der Waals surface area (Å²) in [6, 6.07) is 18.3. The number of phenolic OH excluding ortho intramolecular Hbond substituents is 1. The molecule has 9 heteroatoms. The number of nitrogens with one attached hydrogen (secondary N) is 2. The van der Waals surface area contributed by atoms with Crippen LogP contribution in [-0.4, -0.2) is 67.1 Å². The number of carbonyl (C=O) groups is 3. The highest BCUT2D eigenvalue weighted by Crippen LogP contribution is 2.33. The second kappa shape index (κ2) is 13.4. The Balaban J connectivity index is 1.34. The number of phenols is 1. The van der Waals surface area contributed by atoms with Crippen LogP contribution >= 0.6 is 0 Å². The van der Waals surface area contributed by atoms with Gasteiger partial charge in [0.05, 0.1) is 12.7 Å². The lowest BCUT2D eigenvalue weighted by molar-refractivity contribution is -0.140. The summed E-state index contributed by atoms with van der Waals surface area (Å²) in [6.45, 7) is 1.61. The van der Waals surface area contributed by atoms with Gasteiger partial charge in [0.1, 0.15) is 17.2 Å². The first kappa shape index (κ1) is 29.0. The molecule has 0 saturated carbocycles. The van der Waals surface area contributed by atoms with E-state index in [9.17, 15) is 19.5 Å². The van der Waals surface area contributed by atoms with Crippen LogP contribution in [0.15, 0.2) is 60.7 Å². The number of para-hydroxylation sites is 1. The maximum atomic E-state index is 13.6. The molecule has 2 heterocycles. The van der Waals surface area contributed by atoms with Crippen LogP contribution in [0, 0.1) is 0 Å². The third-order valence-electron chi connectivity index (χ3n) is 7.78. The van der Waals surface area contributed by atoms with Crippen molar-refractivity contribution in [2.45, 2.75) is 44.6 Å². The predicted molar refractivity (Wildman–Crippen MR) is 159 cm³/mol. The van der Waals surface area contributed by atoms with Crippen molar-refractivity contribution >= 4 is 17.7 Å². The maximum Gasteiger partial charge on any atom is 0.263 e. The van der Waals surface area contributed by atoms with Crippen molar-refractivity contribution in [3.05, 3.63) is 77.4 Å². The van der Waals surface area contributed by atoms with Gasteiger partial charge in [0.2, 0.25) is 5.91 Å². The number of amides is 3. The highest BCUT2D eigenvalue weighted by atomic mass is 16.5. The molecule has 0 aromatic heterocycles. The van der Waals surface area contributed by atoms with Gasteiger partial charge in [-0.25, -0.2) is 0 Å². The van der Waals surface area contributed by atoms with E-state index in [0.29, 0.717) is 80.7 Å². The predicted octanol–water partition coefficient (Wildman–Crippen LogP) is 3.86. The average Bonchev–Trinajstić information content (AvgIpc) is 3.01. The Morgan fingerprint density at radius 2 is 1.76 bits per heavy atom. The molecule has 9 nitrogen and oxygen atoms in total. The number of methoxy groups -OCH3 is 1. The molecule has 4 bridgehead atoms. The monoisotopic (exact) mass is 571 g/mol. The van der Waals surface area contributed by atoms with Gasteiger partial charge in [-0.2, -0.15) is 0 Å². The Morgan fingerprint density at radius 1 is 0.929 bits per heavy atom. The second-order valence-corrected chi connectivity index (χ2v) is 10.7. The smallest absolute Gasteiger partial charge is 0.263 e. The highest BCUT2D eigenvalue weighted by molar-refractivity contribution is 5.98. The fourth-order valence-electron chi connectivity index (χ4n) is 5.49. The van der Waals surface area contributed by atoms with Crippen molar-refractivity contribution in [1.82, 2.24) is 15.5 Å². The van der Waals surface area contributed by atoms with Gasteiger partial charge in [0.25, 0.3) is 11.8 Å². The molecule has 0 radical (unpaired) electrons. The molecule has 5 rings (SSSR count). The SMILES string of the molecule is COc1ccc2cc1C(=O)NCCCN(C(=O)C1CCc3ccccc3O1)CCCC(=O)NCCc1ccc(O)c-2c1. The molecule has 0 saturated heterocycles. The van der Waals surface area contributed by atoms with E-state index in [1.807, 2.05) is 36.4 Å². The zero-order valence-electron chi connectivity index (χ0n) is 23.9. The summed E-state index contributed by atoms with van der Waals surface area (Å²) < 4.78 is 11.5. The quantitative estimate of drug-likeness (QED) is 0.430. The van der Waals surface area contributed by atoms with Gasteiger partial charge in [0, 0.05) is 38.2 Å². The van der Waals surface area contributed by atoms with Gasteiger partial charge in [-0.15, -0.1) is 0 Å². The van der Waals surface area contributed by atoms with Crippen LogP contribution in [-0.2, 0) is 22.4 Å². The van der Waals surface area contributed by atoms with E-state index in [1.54, 1.807) is 29.2 Å². The first-order chi connectivity index (χ1) is 20.4. The summed E-state index contributed by atoms with van der Waals surface area (Å²) in [5, 5.41) is 16.5. The molecule has 2 aliphatic rings. The van der Waals surface area contributed by atoms with E-state index in [-0.39, 0.29) is 23.5 Å². The molecule has 1 unspecified atom stereocenters. The molecule has 3 amide bonds. The van der Waals surface area contributed by atoms with Crippen LogP contribution in [0.3, 0.4) is 0 Å². The number of hydrogen-bond acceptors (Lipinski definition) is 6. The zero-order valence-corrected chi connectivity index (χ0v) is 23.9. The summed E-state index contributed by atoms with van der Waals surface area (Å²) in [5.74, 6) is 0.778. The van der Waals surface area contributed by atoms with Crippen LogP contribution in [0.5, 0.6) is 17.2 Å². The normalized spacial score (nSPS) is 18.2.